The van der Waals surface area contributed by atoms with E-state index in [1.54, 1.807) is 18.2 Å². The second-order valence-electron chi connectivity index (χ2n) is 7.47. The van der Waals surface area contributed by atoms with E-state index >= 15 is 0 Å². The van der Waals surface area contributed by atoms with Crippen LogP contribution in [-0.2, 0) is 0 Å². The predicted octanol–water partition coefficient (Wildman–Crippen LogP) is 2.76. The van der Waals surface area contributed by atoms with Crippen LogP contribution < -0.4 is 11.1 Å². The Morgan fingerprint density at radius 1 is 1.32 bits per heavy atom. The summed E-state index contributed by atoms with van der Waals surface area (Å²) in [6.45, 7) is 11.9. The monoisotopic (exact) mass is 303 g/mol. The Morgan fingerprint density at radius 2 is 1.95 bits per heavy atom. The van der Waals surface area contributed by atoms with Crippen molar-refractivity contribution in [3.63, 3.8) is 0 Å². The zero-order valence-corrected chi connectivity index (χ0v) is 14.2. The van der Waals surface area contributed by atoms with Crippen LogP contribution in [0.3, 0.4) is 0 Å². The Hall–Kier alpha value is -1.55. The van der Waals surface area contributed by atoms with E-state index in [2.05, 4.69) is 37.9 Å². The fraction of sp³-hybridized carbons (Fsp3) is 0.611. The van der Waals surface area contributed by atoms with Crippen molar-refractivity contribution in [1.82, 2.24) is 10.2 Å². The third kappa shape index (κ3) is 4.23. The highest BCUT2D eigenvalue weighted by Crippen LogP contribution is 2.26. The van der Waals surface area contributed by atoms with Crippen LogP contribution in [0.5, 0.6) is 0 Å². The van der Waals surface area contributed by atoms with Crippen LogP contribution in [0.4, 0.5) is 5.69 Å². The van der Waals surface area contributed by atoms with Gasteiger partial charge in [0.15, 0.2) is 0 Å². The molecule has 1 amide bonds. The first-order valence-electron chi connectivity index (χ1n) is 8.17. The molecule has 1 aromatic carbocycles. The lowest BCUT2D eigenvalue weighted by molar-refractivity contribution is 0.0445. The number of amides is 1. The summed E-state index contributed by atoms with van der Waals surface area (Å²) in [5.74, 6) is 1.37. The van der Waals surface area contributed by atoms with Crippen LogP contribution >= 0.6 is 0 Å². The molecule has 4 nitrogen and oxygen atoms in total. The largest absolute Gasteiger partial charge is 0.399 e. The van der Waals surface area contributed by atoms with Crippen molar-refractivity contribution < 1.29 is 4.79 Å². The molecule has 1 fully saturated rings. The molecule has 2 atom stereocenters. The van der Waals surface area contributed by atoms with E-state index in [0.29, 0.717) is 29.6 Å². The van der Waals surface area contributed by atoms with Gasteiger partial charge in [-0.3, -0.25) is 9.69 Å². The average molecular weight is 303 g/mol. The normalized spacial score (nSPS) is 23.3. The SMILES string of the molecule is CC1CC(C)CN(C(C)(C)CNC(=O)c2cccc(N)c2)C1. The van der Waals surface area contributed by atoms with Crippen molar-refractivity contribution in [3.8, 4) is 0 Å². The van der Waals surface area contributed by atoms with Crippen LogP contribution in [0.15, 0.2) is 24.3 Å². The van der Waals surface area contributed by atoms with Crippen molar-refractivity contribution in [2.75, 3.05) is 25.4 Å². The molecule has 1 aliphatic heterocycles. The molecule has 0 aliphatic carbocycles. The van der Waals surface area contributed by atoms with Gasteiger partial charge in [0.25, 0.3) is 5.91 Å². The second kappa shape index (κ2) is 6.69. The molecular formula is C18H29N3O. The summed E-state index contributed by atoms with van der Waals surface area (Å²) in [7, 11) is 0. The summed E-state index contributed by atoms with van der Waals surface area (Å²) >= 11 is 0. The molecule has 1 saturated heterocycles. The Bertz CT molecular complexity index is 517. The van der Waals surface area contributed by atoms with Crippen molar-refractivity contribution in [1.29, 1.82) is 0 Å². The van der Waals surface area contributed by atoms with Crippen LogP contribution in [0.2, 0.25) is 0 Å². The number of nitrogens with zero attached hydrogens (tertiary/aromatic N) is 1. The molecule has 2 rings (SSSR count). The highest BCUT2D eigenvalue weighted by atomic mass is 16.1. The van der Waals surface area contributed by atoms with Gasteiger partial charge in [0.2, 0.25) is 0 Å². The maximum atomic E-state index is 12.3. The Kier molecular flexibility index (Phi) is 5.12. The fourth-order valence-electron chi connectivity index (χ4n) is 3.35. The van der Waals surface area contributed by atoms with Gasteiger partial charge < -0.3 is 11.1 Å². The third-order valence-electron chi connectivity index (χ3n) is 4.56. The molecule has 1 aliphatic rings. The number of nitrogens with two attached hydrogens (primary N) is 1. The predicted molar refractivity (Wildman–Crippen MR) is 91.8 cm³/mol. The lowest BCUT2D eigenvalue weighted by Crippen LogP contribution is -2.56. The van der Waals surface area contributed by atoms with Crippen molar-refractivity contribution in [2.45, 2.75) is 39.7 Å². The Balaban J connectivity index is 1.95. The number of hydrogen-bond donors (Lipinski definition) is 2. The molecule has 1 aromatic rings. The van der Waals surface area contributed by atoms with E-state index in [4.69, 9.17) is 5.73 Å². The van der Waals surface area contributed by atoms with Crippen molar-refractivity contribution in [2.24, 2.45) is 11.8 Å². The van der Waals surface area contributed by atoms with Gasteiger partial charge in [0.05, 0.1) is 0 Å². The fourth-order valence-corrected chi connectivity index (χ4v) is 3.35. The third-order valence-corrected chi connectivity index (χ3v) is 4.56. The van der Waals surface area contributed by atoms with Gasteiger partial charge in [-0.2, -0.15) is 0 Å². The Labute approximate surface area is 134 Å². The molecule has 0 spiro atoms. The number of hydrogen-bond acceptors (Lipinski definition) is 3. The number of nitrogen functional groups attached to an aromatic ring is 1. The summed E-state index contributed by atoms with van der Waals surface area (Å²) in [5, 5.41) is 3.06. The maximum Gasteiger partial charge on any atom is 0.251 e. The first kappa shape index (κ1) is 16.8. The Morgan fingerprint density at radius 3 is 2.55 bits per heavy atom. The number of anilines is 1. The topological polar surface area (TPSA) is 58.4 Å². The van der Waals surface area contributed by atoms with Gasteiger partial charge in [-0.1, -0.05) is 19.9 Å². The number of rotatable bonds is 4. The zero-order chi connectivity index (χ0) is 16.3. The van der Waals surface area contributed by atoms with Gasteiger partial charge in [-0.15, -0.1) is 0 Å². The smallest absolute Gasteiger partial charge is 0.251 e. The summed E-state index contributed by atoms with van der Waals surface area (Å²) in [5.41, 5.74) is 6.93. The van der Waals surface area contributed by atoms with Crippen molar-refractivity contribution >= 4 is 11.6 Å². The van der Waals surface area contributed by atoms with E-state index in [1.165, 1.54) is 6.42 Å². The van der Waals surface area contributed by atoms with Gasteiger partial charge in [-0.25, -0.2) is 0 Å². The lowest BCUT2D eigenvalue weighted by Gasteiger charge is -2.45. The molecule has 0 bridgehead atoms. The number of nitrogens with one attached hydrogen (secondary N) is 1. The molecule has 0 saturated carbocycles. The molecular weight excluding hydrogens is 274 g/mol. The van der Waals surface area contributed by atoms with Gasteiger partial charge in [-0.05, 0) is 50.3 Å². The lowest BCUT2D eigenvalue weighted by atomic mass is 9.88. The maximum absolute atomic E-state index is 12.3. The second-order valence-corrected chi connectivity index (χ2v) is 7.47. The van der Waals surface area contributed by atoms with Crippen molar-refractivity contribution in [3.05, 3.63) is 29.8 Å². The van der Waals surface area contributed by atoms with E-state index < -0.39 is 0 Å². The van der Waals surface area contributed by atoms with E-state index in [-0.39, 0.29) is 11.4 Å². The zero-order valence-electron chi connectivity index (χ0n) is 14.2. The minimum absolute atomic E-state index is 0.0427. The number of likely N-dealkylation sites (tertiary alicyclic amines) is 1. The first-order chi connectivity index (χ1) is 10.3. The highest BCUT2D eigenvalue weighted by Gasteiger charge is 2.32. The molecule has 2 unspecified atom stereocenters. The molecule has 3 N–H and O–H groups in total. The number of carbonyl (C=O) groups excluding carboxylic acids is 1. The molecule has 22 heavy (non-hydrogen) atoms. The summed E-state index contributed by atoms with van der Waals surface area (Å²) < 4.78 is 0. The van der Waals surface area contributed by atoms with Gasteiger partial charge >= 0.3 is 0 Å². The first-order valence-corrected chi connectivity index (χ1v) is 8.17. The van der Waals surface area contributed by atoms with E-state index in [0.717, 1.165) is 13.1 Å². The van der Waals surface area contributed by atoms with Gasteiger partial charge in [0, 0.05) is 36.4 Å². The average Bonchev–Trinajstić information content (AvgIpc) is 2.44. The number of piperidine rings is 1. The summed E-state index contributed by atoms with van der Waals surface area (Å²) in [6.07, 6.45) is 1.29. The molecule has 122 valence electrons. The van der Waals surface area contributed by atoms with E-state index in [9.17, 15) is 4.79 Å². The highest BCUT2D eigenvalue weighted by molar-refractivity contribution is 5.95. The molecule has 1 heterocycles. The molecule has 0 aromatic heterocycles. The molecule has 4 heteroatoms. The van der Waals surface area contributed by atoms with E-state index in [1.807, 2.05) is 6.07 Å². The minimum Gasteiger partial charge on any atom is -0.399 e. The summed E-state index contributed by atoms with van der Waals surface area (Å²) in [6, 6.07) is 7.11. The number of benzene rings is 1. The van der Waals surface area contributed by atoms with Crippen LogP contribution in [0.1, 0.15) is 44.5 Å². The quantitative estimate of drug-likeness (QED) is 0.841. The van der Waals surface area contributed by atoms with Crippen LogP contribution in [-0.4, -0.2) is 36.0 Å². The number of carbonyl (C=O) groups is 1. The van der Waals surface area contributed by atoms with Gasteiger partial charge in [0.1, 0.15) is 0 Å². The molecule has 0 radical (unpaired) electrons. The summed E-state index contributed by atoms with van der Waals surface area (Å²) in [4.78, 5) is 14.8. The minimum atomic E-state index is -0.0570. The van der Waals surface area contributed by atoms with Crippen LogP contribution in [0, 0.1) is 11.8 Å². The van der Waals surface area contributed by atoms with Crippen LogP contribution in [0.25, 0.3) is 0 Å². The standard InChI is InChI=1S/C18H29N3O/c1-13-8-14(2)11-21(10-13)18(3,4)12-20-17(22)15-6-5-7-16(19)9-15/h5-7,9,13-14H,8,10-12,19H2,1-4H3,(H,20,22).